The maximum atomic E-state index is 2.36. The molecule has 0 heterocycles. The number of rotatable bonds is 5. The fourth-order valence-corrected chi connectivity index (χ4v) is 1.58. The Hall–Kier alpha value is -0.780. The van der Waals surface area contributed by atoms with Gasteiger partial charge in [-0.1, -0.05) is 65.3 Å². The van der Waals surface area contributed by atoms with E-state index in [1.54, 1.807) is 0 Å². The van der Waals surface area contributed by atoms with E-state index >= 15 is 0 Å². The van der Waals surface area contributed by atoms with Gasteiger partial charge in [-0.3, -0.25) is 0 Å². The fraction of sp³-hybridized carbons (Fsp3) is 0.647. The molecule has 0 heteroatoms. The molecule has 0 saturated carbocycles. The summed E-state index contributed by atoms with van der Waals surface area (Å²) in [7, 11) is 0. The first-order valence-corrected chi connectivity index (χ1v) is 6.85. The normalized spacial score (nSPS) is 15.4. The smallest absolute Gasteiger partial charge is 0.0219 e. The van der Waals surface area contributed by atoms with Gasteiger partial charge in [-0.15, -0.1) is 0 Å². The second-order valence-electron chi connectivity index (χ2n) is 5.79. The monoisotopic (exact) mass is 234 g/mol. The molecule has 98 valence electrons. The first kappa shape index (κ1) is 16.2. The zero-order chi connectivity index (χ0) is 13.6. The number of allylic oxidation sites excluding steroid dienone is 6. The molecule has 0 amide bonds. The summed E-state index contributed by atoms with van der Waals surface area (Å²) in [5.74, 6) is 1.81. The Morgan fingerprint density at radius 2 is 1.18 bits per heavy atom. The SMILES string of the molecule is C\C=C(/C=C(\C=C(/C)C(C)C)C(C)C)C(C)C. The Morgan fingerprint density at radius 3 is 1.47 bits per heavy atom. The van der Waals surface area contributed by atoms with Crippen LogP contribution in [0.1, 0.15) is 55.4 Å². The van der Waals surface area contributed by atoms with Crippen LogP contribution in [0.4, 0.5) is 0 Å². The van der Waals surface area contributed by atoms with Crippen molar-refractivity contribution in [3.63, 3.8) is 0 Å². The number of hydrogen-bond donors (Lipinski definition) is 0. The van der Waals surface area contributed by atoms with Crippen molar-refractivity contribution >= 4 is 0 Å². The van der Waals surface area contributed by atoms with Gasteiger partial charge in [0.15, 0.2) is 0 Å². The third-order valence-corrected chi connectivity index (χ3v) is 3.31. The van der Waals surface area contributed by atoms with Crippen molar-refractivity contribution in [3.05, 3.63) is 34.9 Å². The van der Waals surface area contributed by atoms with Gasteiger partial charge < -0.3 is 0 Å². The van der Waals surface area contributed by atoms with Gasteiger partial charge in [0, 0.05) is 0 Å². The van der Waals surface area contributed by atoms with Crippen LogP contribution in [0, 0.1) is 17.8 Å². The molecule has 0 aliphatic heterocycles. The maximum Gasteiger partial charge on any atom is -0.0219 e. The molecule has 0 unspecified atom stereocenters. The molecular weight excluding hydrogens is 204 g/mol. The minimum Gasteiger partial charge on any atom is -0.0842 e. The van der Waals surface area contributed by atoms with E-state index in [4.69, 9.17) is 0 Å². The van der Waals surface area contributed by atoms with Crippen LogP contribution in [-0.4, -0.2) is 0 Å². The molecule has 0 aromatic heterocycles. The highest BCUT2D eigenvalue weighted by Gasteiger charge is 2.06. The van der Waals surface area contributed by atoms with E-state index in [-0.39, 0.29) is 0 Å². The highest BCUT2D eigenvalue weighted by Crippen LogP contribution is 2.22. The number of hydrogen-bond acceptors (Lipinski definition) is 0. The molecule has 0 saturated heterocycles. The van der Waals surface area contributed by atoms with Gasteiger partial charge in [0.25, 0.3) is 0 Å². The van der Waals surface area contributed by atoms with Gasteiger partial charge in [-0.2, -0.15) is 0 Å². The van der Waals surface area contributed by atoms with Crippen LogP contribution >= 0.6 is 0 Å². The lowest BCUT2D eigenvalue weighted by atomic mass is 9.92. The van der Waals surface area contributed by atoms with E-state index in [0.717, 1.165) is 0 Å². The summed E-state index contributed by atoms with van der Waals surface area (Å²) in [6.07, 6.45) is 6.95. The van der Waals surface area contributed by atoms with Gasteiger partial charge in [0.05, 0.1) is 0 Å². The quantitative estimate of drug-likeness (QED) is 0.529. The predicted octanol–water partition coefficient (Wildman–Crippen LogP) is 5.77. The van der Waals surface area contributed by atoms with Crippen LogP contribution in [-0.2, 0) is 0 Å². The zero-order valence-corrected chi connectivity index (χ0v) is 13.0. The topological polar surface area (TPSA) is 0 Å². The Morgan fingerprint density at radius 1 is 0.706 bits per heavy atom. The van der Waals surface area contributed by atoms with Gasteiger partial charge in [-0.05, 0) is 42.7 Å². The first-order valence-electron chi connectivity index (χ1n) is 6.85. The molecule has 0 nitrogen and oxygen atoms in total. The molecule has 0 fully saturated rings. The van der Waals surface area contributed by atoms with Gasteiger partial charge in [0.2, 0.25) is 0 Å². The molecular formula is C17H30. The minimum atomic E-state index is 0.581. The lowest BCUT2D eigenvalue weighted by molar-refractivity contribution is 0.741. The van der Waals surface area contributed by atoms with E-state index in [2.05, 4.69) is 73.6 Å². The summed E-state index contributed by atoms with van der Waals surface area (Å²) >= 11 is 0. The third-order valence-electron chi connectivity index (χ3n) is 3.31. The molecule has 0 radical (unpaired) electrons. The van der Waals surface area contributed by atoms with Crippen molar-refractivity contribution in [2.45, 2.75) is 55.4 Å². The van der Waals surface area contributed by atoms with Crippen LogP contribution in [0.15, 0.2) is 34.9 Å². The average Bonchev–Trinajstić information content (AvgIpc) is 2.22. The molecule has 0 bridgehead atoms. The molecule has 0 N–H and O–H groups in total. The Balaban J connectivity index is 5.25. The van der Waals surface area contributed by atoms with Gasteiger partial charge in [0.1, 0.15) is 0 Å². The molecule has 0 aromatic carbocycles. The van der Waals surface area contributed by atoms with Crippen LogP contribution < -0.4 is 0 Å². The van der Waals surface area contributed by atoms with Crippen LogP contribution in [0.25, 0.3) is 0 Å². The van der Waals surface area contributed by atoms with Crippen molar-refractivity contribution in [2.75, 3.05) is 0 Å². The predicted molar refractivity (Wildman–Crippen MR) is 80.1 cm³/mol. The average molecular weight is 234 g/mol. The molecule has 17 heavy (non-hydrogen) atoms. The lowest BCUT2D eigenvalue weighted by Gasteiger charge is -2.14. The summed E-state index contributed by atoms with van der Waals surface area (Å²) in [6.45, 7) is 17.9. The van der Waals surface area contributed by atoms with Crippen molar-refractivity contribution in [1.29, 1.82) is 0 Å². The van der Waals surface area contributed by atoms with E-state index < -0.39 is 0 Å². The fourth-order valence-electron chi connectivity index (χ4n) is 1.58. The minimum absolute atomic E-state index is 0.581. The maximum absolute atomic E-state index is 2.36. The summed E-state index contributed by atoms with van der Waals surface area (Å²) in [4.78, 5) is 0. The van der Waals surface area contributed by atoms with E-state index in [1.165, 1.54) is 16.7 Å². The van der Waals surface area contributed by atoms with Crippen molar-refractivity contribution < 1.29 is 0 Å². The Labute approximate surface area is 109 Å². The van der Waals surface area contributed by atoms with E-state index in [9.17, 15) is 0 Å². The molecule has 0 aromatic rings. The summed E-state index contributed by atoms with van der Waals surface area (Å²) < 4.78 is 0. The highest BCUT2D eigenvalue weighted by atomic mass is 14.1. The van der Waals surface area contributed by atoms with Gasteiger partial charge >= 0.3 is 0 Å². The van der Waals surface area contributed by atoms with Gasteiger partial charge in [-0.25, -0.2) is 0 Å². The molecule has 0 aliphatic rings. The standard InChI is InChI=1S/C17H30/c1-9-16(13(4)5)11-17(14(6)7)10-15(8)12(2)3/h9-14H,1-8H3/b15-10+,16-9+,17-11+. The second kappa shape index (κ2) is 7.53. The Bertz CT molecular complexity index is 309. The molecule has 0 aliphatic carbocycles. The second-order valence-corrected chi connectivity index (χ2v) is 5.79. The Kier molecular flexibility index (Phi) is 7.18. The van der Waals surface area contributed by atoms with Crippen LogP contribution in [0.5, 0.6) is 0 Å². The van der Waals surface area contributed by atoms with Crippen molar-refractivity contribution in [1.82, 2.24) is 0 Å². The molecule has 0 rings (SSSR count). The van der Waals surface area contributed by atoms with Crippen LogP contribution in [0.2, 0.25) is 0 Å². The molecule has 0 atom stereocenters. The zero-order valence-electron chi connectivity index (χ0n) is 13.0. The van der Waals surface area contributed by atoms with E-state index in [0.29, 0.717) is 17.8 Å². The summed E-state index contributed by atoms with van der Waals surface area (Å²) in [5, 5.41) is 0. The lowest BCUT2D eigenvalue weighted by Crippen LogP contribution is -1.98. The summed E-state index contributed by atoms with van der Waals surface area (Å²) in [6, 6.07) is 0. The van der Waals surface area contributed by atoms with Crippen molar-refractivity contribution in [3.8, 4) is 0 Å². The van der Waals surface area contributed by atoms with Crippen molar-refractivity contribution in [2.24, 2.45) is 17.8 Å². The first-order chi connectivity index (χ1) is 7.79. The highest BCUT2D eigenvalue weighted by molar-refractivity contribution is 5.34. The molecule has 0 spiro atoms. The van der Waals surface area contributed by atoms with E-state index in [1.807, 2.05) is 0 Å². The summed E-state index contributed by atoms with van der Waals surface area (Å²) in [5.41, 5.74) is 4.34. The van der Waals surface area contributed by atoms with Crippen LogP contribution in [0.3, 0.4) is 0 Å². The third kappa shape index (κ3) is 5.91. The largest absolute Gasteiger partial charge is 0.0842 e.